The Labute approximate surface area is 191 Å². The van der Waals surface area contributed by atoms with Crippen LogP contribution in [0, 0.1) is 24.0 Å². The molecule has 0 aliphatic heterocycles. The summed E-state index contributed by atoms with van der Waals surface area (Å²) < 4.78 is 61.8. The SMILES string of the molecule is COc1ccccc1NS(=O)(=O)c1cc(NS(=O)(=O)c2cc([N+](=O)[O-])ccc2C)ccc1C. The molecule has 174 valence electrons. The molecule has 0 fully saturated rings. The molecular weight excluding hydrogens is 470 g/mol. The van der Waals surface area contributed by atoms with Gasteiger partial charge in [0.1, 0.15) is 5.75 Å². The van der Waals surface area contributed by atoms with Crippen molar-refractivity contribution >= 4 is 37.1 Å². The molecule has 0 amide bonds. The number of non-ortho nitro benzene ring substituents is 1. The van der Waals surface area contributed by atoms with Gasteiger partial charge in [-0.25, -0.2) is 16.8 Å². The summed E-state index contributed by atoms with van der Waals surface area (Å²) in [6, 6.07) is 14.0. The van der Waals surface area contributed by atoms with Crippen molar-refractivity contribution in [3.63, 3.8) is 0 Å². The molecule has 3 rings (SSSR count). The zero-order valence-corrected chi connectivity index (χ0v) is 19.5. The molecule has 0 saturated heterocycles. The van der Waals surface area contributed by atoms with Crippen LogP contribution in [0.3, 0.4) is 0 Å². The Morgan fingerprint density at radius 3 is 2.03 bits per heavy atom. The summed E-state index contributed by atoms with van der Waals surface area (Å²) in [5.74, 6) is 0.316. The quantitative estimate of drug-likeness (QED) is 0.360. The summed E-state index contributed by atoms with van der Waals surface area (Å²) in [7, 11) is -6.93. The lowest BCUT2D eigenvalue weighted by Crippen LogP contribution is -2.17. The second-order valence-corrected chi connectivity index (χ2v) is 10.4. The smallest absolute Gasteiger partial charge is 0.270 e. The first-order valence-corrected chi connectivity index (χ1v) is 12.5. The highest BCUT2D eigenvalue weighted by Gasteiger charge is 2.23. The van der Waals surface area contributed by atoms with Crippen molar-refractivity contribution in [1.82, 2.24) is 0 Å². The van der Waals surface area contributed by atoms with Crippen molar-refractivity contribution in [3.8, 4) is 5.75 Å². The van der Waals surface area contributed by atoms with E-state index in [2.05, 4.69) is 9.44 Å². The molecule has 0 atom stereocenters. The van der Waals surface area contributed by atoms with Crippen LogP contribution in [-0.2, 0) is 20.0 Å². The van der Waals surface area contributed by atoms with Gasteiger partial charge in [-0.3, -0.25) is 19.6 Å². The molecule has 2 N–H and O–H groups in total. The number of nitro groups is 1. The molecule has 0 aliphatic carbocycles. The molecule has 0 aromatic heterocycles. The number of nitrogens with zero attached hydrogens (tertiary/aromatic N) is 1. The first-order chi connectivity index (χ1) is 15.4. The molecular formula is C21H21N3O7S2. The highest BCUT2D eigenvalue weighted by atomic mass is 32.2. The number of ether oxygens (including phenoxy) is 1. The lowest BCUT2D eigenvalue weighted by molar-refractivity contribution is -0.385. The van der Waals surface area contributed by atoms with E-state index in [1.54, 1.807) is 25.1 Å². The lowest BCUT2D eigenvalue weighted by atomic mass is 10.2. The molecule has 0 unspecified atom stereocenters. The Bertz CT molecular complexity index is 1440. The zero-order chi connectivity index (χ0) is 24.4. The first kappa shape index (κ1) is 24.0. The Hall–Kier alpha value is -3.64. The average Bonchev–Trinajstić information content (AvgIpc) is 2.75. The minimum atomic E-state index is -4.23. The molecule has 0 spiro atoms. The Balaban J connectivity index is 1.98. The van der Waals surface area contributed by atoms with Crippen LogP contribution in [0.25, 0.3) is 0 Å². The third-order valence-electron chi connectivity index (χ3n) is 4.75. The Morgan fingerprint density at radius 1 is 0.818 bits per heavy atom. The number of anilines is 2. The van der Waals surface area contributed by atoms with Crippen LogP contribution >= 0.6 is 0 Å². The zero-order valence-electron chi connectivity index (χ0n) is 17.9. The number of aryl methyl sites for hydroxylation is 2. The van der Waals surface area contributed by atoms with E-state index in [1.807, 2.05) is 0 Å². The standard InChI is InChI=1S/C21H21N3O7S2/c1-14-8-10-16(22-32(27,28)21-13-17(24(25)26)11-9-15(21)2)12-20(14)33(29,30)23-18-6-4-5-7-19(18)31-3/h4-13,22-23H,1-3H3. The predicted molar refractivity (Wildman–Crippen MR) is 124 cm³/mol. The summed E-state index contributed by atoms with van der Waals surface area (Å²) in [6.07, 6.45) is 0. The third kappa shape index (κ3) is 5.23. The van der Waals surface area contributed by atoms with Gasteiger partial charge in [0.25, 0.3) is 25.7 Å². The van der Waals surface area contributed by atoms with Crippen molar-refractivity contribution in [3.05, 3.63) is 81.9 Å². The average molecular weight is 492 g/mol. The molecule has 0 radical (unpaired) electrons. The summed E-state index contributed by atoms with van der Waals surface area (Å²) >= 11 is 0. The highest BCUT2D eigenvalue weighted by molar-refractivity contribution is 7.93. The van der Waals surface area contributed by atoms with Gasteiger partial charge in [0.05, 0.1) is 33.2 Å². The molecule has 0 saturated carbocycles. The van der Waals surface area contributed by atoms with E-state index < -0.39 is 25.0 Å². The minimum Gasteiger partial charge on any atom is -0.495 e. The highest BCUT2D eigenvalue weighted by Crippen LogP contribution is 2.29. The second-order valence-electron chi connectivity index (χ2n) is 7.10. The van der Waals surface area contributed by atoms with E-state index in [9.17, 15) is 26.9 Å². The fourth-order valence-corrected chi connectivity index (χ4v) is 5.74. The van der Waals surface area contributed by atoms with Crippen LogP contribution in [0.4, 0.5) is 17.1 Å². The van der Waals surface area contributed by atoms with Crippen LogP contribution in [-0.4, -0.2) is 28.9 Å². The van der Waals surface area contributed by atoms with Gasteiger partial charge < -0.3 is 4.74 Å². The minimum absolute atomic E-state index is 0.0214. The summed E-state index contributed by atoms with van der Waals surface area (Å²) in [5.41, 5.74) is 0.497. The molecule has 3 aromatic carbocycles. The van der Waals surface area contributed by atoms with Gasteiger partial charge in [-0.05, 0) is 49.2 Å². The van der Waals surface area contributed by atoms with Crippen molar-refractivity contribution < 1.29 is 26.5 Å². The second kappa shape index (κ2) is 9.08. The molecule has 3 aromatic rings. The summed E-state index contributed by atoms with van der Waals surface area (Å²) in [4.78, 5) is 9.92. The van der Waals surface area contributed by atoms with E-state index in [4.69, 9.17) is 4.74 Å². The number of benzene rings is 3. The third-order valence-corrected chi connectivity index (χ3v) is 7.78. The number of para-hydroxylation sites is 2. The maximum Gasteiger partial charge on any atom is 0.270 e. The van der Waals surface area contributed by atoms with Gasteiger partial charge >= 0.3 is 0 Å². The molecule has 0 aliphatic rings. The number of hydrogen-bond donors (Lipinski definition) is 2. The van der Waals surface area contributed by atoms with Gasteiger partial charge in [0.15, 0.2) is 0 Å². The predicted octanol–water partition coefficient (Wildman–Crippen LogP) is 3.82. The molecule has 10 nitrogen and oxygen atoms in total. The maximum absolute atomic E-state index is 13.0. The van der Waals surface area contributed by atoms with Crippen LogP contribution in [0.15, 0.2) is 70.5 Å². The largest absolute Gasteiger partial charge is 0.495 e. The van der Waals surface area contributed by atoms with Crippen molar-refractivity contribution in [1.29, 1.82) is 0 Å². The molecule has 33 heavy (non-hydrogen) atoms. The topological polar surface area (TPSA) is 145 Å². The number of sulfonamides is 2. The Kier molecular flexibility index (Phi) is 6.60. The van der Waals surface area contributed by atoms with E-state index in [-0.39, 0.29) is 26.9 Å². The van der Waals surface area contributed by atoms with Gasteiger partial charge in [-0.15, -0.1) is 0 Å². The number of nitrogens with one attached hydrogen (secondary N) is 2. The van der Waals surface area contributed by atoms with Crippen molar-refractivity contribution in [2.45, 2.75) is 23.6 Å². The van der Waals surface area contributed by atoms with E-state index in [0.717, 1.165) is 6.07 Å². The summed E-state index contributed by atoms with van der Waals surface area (Å²) in [6.45, 7) is 3.07. The number of nitro benzene ring substituents is 1. The number of methoxy groups -OCH3 is 1. The monoisotopic (exact) mass is 491 g/mol. The summed E-state index contributed by atoms with van der Waals surface area (Å²) in [5, 5.41) is 11.0. The van der Waals surface area contributed by atoms with E-state index in [0.29, 0.717) is 16.9 Å². The van der Waals surface area contributed by atoms with E-state index in [1.165, 1.54) is 50.4 Å². The van der Waals surface area contributed by atoms with Crippen LogP contribution in [0.1, 0.15) is 11.1 Å². The molecule has 0 heterocycles. The lowest BCUT2D eigenvalue weighted by Gasteiger charge is -2.15. The fourth-order valence-electron chi connectivity index (χ4n) is 3.08. The van der Waals surface area contributed by atoms with Gasteiger partial charge in [-0.1, -0.05) is 24.3 Å². The number of hydrogen-bond acceptors (Lipinski definition) is 7. The Morgan fingerprint density at radius 2 is 1.39 bits per heavy atom. The van der Waals surface area contributed by atoms with Crippen molar-refractivity contribution in [2.24, 2.45) is 0 Å². The maximum atomic E-state index is 13.0. The van der Waals surface area contributed by atoms with Crippen molar-refractivity contribution in [2.75, 3.05) is 16.6 Å². The fraction of sp³-hybridized carbons (Fsp3) is 0.143. The van der Waals surface area contributed by atoms with Crippen LogP contribution in [0.5, 0.6) is 5.75 Å². The van der Waals surface area contributed by atoms with Gasteiger partial charge in [0.2, 0.25) is 0 Å². The van der Waals surface area contributed by atoms with Gasteiger partial charge in [-0.2, -0.15) is 0 Å². The number of rotatable bonds is 8. The normalized spacial score (nSPS) is 11.6. The van der Waals surface area contributed by atoms with E-state index >= 15 is 0 Å². The van der Waals surface area contributed by atoms with Crippen LogP contribution in [0.2, 0.25) is 0 Å². The van der Waals surface area contributed by atoms with Gasteiger partial charge in [0, 0.05) is 12.1 Å². The molecule has 12 heteroatoms. The molecule has 0 bridgehead atoms. The first-order valence-electron chi connectivity index (χ1n) is 9.49. The van der Waals surface area contributed by atoms with Crippen LogP contribution < -0.4 is 14.2 Å².